The zero-order valence-electron chi connectivity index (χ0n) is 15.7. The standard InChI is InChI=1S/C18H28N2O5S/c1-12(15(10-26-4)18(22)23)25-11-20-16(17(21)19-2)9-13-5-7-14(24-3)8-6-13/h5-8,12,15-16,20H,9-11H2,1-4H3,(H,19,21)(H,22,23)/t12?,15?,16-/m0/s1. The zero-order valence-corrected chi connectivity index (χ0v) is 16.5. The van der Waals surface area contributed by atoms with Gasteiger partial charge in [-0.2, -0.15) is 11.8 Å². The van der Waals surface area contributed by atoms with E-state index in [0.717, 1.165) is 11.3 Å². The SMILES string of the molecule is CNC(=O)[C@H](Cc1ccc(OC)cc1)NCOC(C)C(CSC)C(=O)O. The van der Waals surface area contributed by atoms with Gasteiger partial charge < -0.3 is 19.9 Å². The van der Waals surface area contributed by atoms with Crippen molar-refractivity contribution in [3.8, 4) is 5.75 Å². The lowest BCUT2D eigenvalue weighted by atomic mass is 10.1. The van der Waals surface area contributed by atoms with Crippen LogP contribution in [0.15, 0.2) is 24.3 Å². The summed E-state index contributed by atoms with van der Waals surface area (Å²) < 4.78 is 10.7. The molecule has 0 aliphatic rings. The molecule has 3 N–H and O–H groups in total. The first kappa shape index (κ1) is 22.3. The molecular formula is C18H28N2O5S. The third-order valence-corrected chi connectivity index (χ3v) is 4.76. The third kappa shape index (κ3) is 7.23. The minimum atomic E-state index is -0.882. The van der Waals surface area contributed by atoms with Crippen molar-refractivity contribution in [2.75, 3.05) is 32.9 Å². The van der Waals surface area contributed by atoms with Gasteiger partial charge in [0, 0.05) is 12.8 Å². The molecule has 1 aromatic carbocycles. The monoisotopic (exact) mass is 384 g/mol. The number of methoxy groups -OCH3 is 1. The Labute approximate surface area is 158 Å². The average molecular weight is 384 g/mol. The van der Waals surface area contributed by atoms with E-state index in [1.807, 2.05) is 30.5 Å². The quantitative estimate of drug-likeness (QED) is 0.468. The molecule has 0 fully saturated rings. The van der Waals surface area contributed by atoms with Crippen LogP contribution in [-0.2, 0) is 20.7 Å². The summed E-state index contributed by atoms with van der Waals surface area (Å²) in [7, 11) is 3.18. The summed E-state index contributed by atoms with van der Waals surface area (Å²) in [6.45, 7) is 1.82. The first-order valence-corrected chi connectivity index (χ1v) is 9.73. The molecule has 0 radical (unpaired) electrons. The van der Waals surface area contributed by atoms with Gasteiger partial charge in [0.25, 0.3) is 0 Å². The predicted octanol–water partition coefficient (Wildman–Crippen LogP) is 1.37. The number of hydrogen-bond donors (Lipinski definition) is 3. The Balaban J connectivity index is 2.61. The lowest BCUT2D eigenvalue weighted by molar-refractivity contribution is -0.146. The smallest absolute Gasteiger partial charge is 0.309 e. The first-order chi connectivity index (χ1) is 12.4. The van der Waals surface area contributed by atoms with Crippen LogP contribution >= 0.6 is 11.8 Å². The van der Waals surface area contributed by atoms with E-state index in [2.05, 4.69) is 10.6 Å². The number of amides is 1. The molecule has 146 valence electrons. The summed E-state index contributed by atoms with van der Waals surface area (Å²) in [5, 5.41) is 14.9. The number of aliphatic carboxylic acids is 1. The Morgan fingerprint density at radius 1 is 1.27 bits per heavy atom. The summed E-state index contributed by atoms with van der Waals surface area (Å²) in [5.74, 6) is -0.402. The summed E-state index contributed by atoms with van der Waals surface area (Å²) in [6.07, 6.45) is 1.88. The van der Waals surface area contributed by atoms with Crippen molar-refractivity contribution >= 4 is 23.6 Å². The maximum atomic E-state index is 12.1. The Morgan fingerprint density at radius 3 is 2.42 bits per heavy atom. The summed E-state index contributed by atoms with van der Waals surface area (Å²) >= 11 is 1.46. The number of likely N-dealkylation sites (N-methyl/N-ethyl adjacent to an activating group) is 1. The minimum absolute atomic E-state index is 0.0908. The molecule has 0 aliphatic heterocycles. The lowest BCUT2D eigenvalue weighted by Gasteiger charge is -2.22. The Kier molecular flexibility index (Phi) is 10.1. The van der Waals surface area contributed by atoms with Gasteiger partial charge in [-0.1, -0.05) is 12.1 Å². The molecule has 0 bridgehead atoms. The molecule has 3 atom stereocenters. The highest BCUT2D eigenvalue weighted by atomic mass is 32.2. The van der Waals surface area contributed by atoms with E-state index in [0.29, 0.717) is 12.2 Å². The number of thioether (sulfide) groups is 1. The Hall–Kier alpha value is -1.77. The average Bonchev–Trinajstić information content (AvgIpc) is 2.64. The summed E-state index contributed by atoms with van der Waals surface area (Å²) in [4.78, 5) is 23.4. The highest BCUT2D eigenvalue weighted by molar-refractivity contribution is 7.98. The van der Waals surface area contributed by atoms with Gasteiger partial charge in [0.15, 0.2) is 0 Å². The predicted molar refractivity (Wildman–Crippen MR) is 103 cm³/mol. The number of carbonyl (C=O) groups excluding carboxylic acids is 1. The maximum Gasteiger partial charge on any atom is 0.309 e. The van der Waals surface area contributed by atoms with Crippen molar-refractivity contribution in [2.24, 2.45) is 5.92 Å². The van der Waals surface area contributed by atoms with E-state index in [-0.39, 0.29) is 12.6 Å². The number of ether oxygens (including phenoxy) is 2. The fourth-order valence-electron chi connectivity index (χ4n) is 2.41. The van der Waals surface area contributed by atoms with E-state index in [4.69, 9.17) is 9.47 Å². The Morgan fingerprint density at radius 2 is 1.92 bits per heavy atom. The second-order valence-electron chi connectivity index (χ2n) is 5.84. The second-order valence-corrected chi connectivity index (χ2v) is 6.75. The van der Waals surface area contributed by atoms with Gasteiger partial charge in [0.05, 0.1) is 31.9 Å². The molecule has 8 heteroatoms. The first-order valence-electron chi connectivity index (χ1n) is 8.34. The number of hydrogen-bond acceptors (Lipinski definition) is 6. The topological polar surface area (TPSA) is 96.9 Å². The minimum Gasteiger partial charge on any atom is -0.497 e. The molecule has 1 rings (SSSR count). The molecule has 0 saturated heterocycles. The van der Waals surface area contributed by atoms with Crippen LogP contribution in [0.2, 0.25) is 0 Å². The normalized spacial score (nSPS) is 14.3. The van der Waals surface area contributed by atoms with Crippen LogP contribution in [0.5, 0.6) is 5.75 Å². The van der Waals surface area contributed by atoms with Gasteiger partial charge in [-0.3, -0.25) is 14.9 Å². The van der Waals surface area contributed by atoms with Crippen molar-refractivity contribution in [3.05, 3.63) is 29.8 Å². The van der Waals surface area contributed by atoms with Gasteiger partial charge in [-0.15, -0.1) is 0 Å². The van der Waals surface area contributed by atoms with Gasteiger partial charge in [-0.25, -0.2) is 0 Å². The molecule has 0 spiro atoms. The number of carbonyl (C=O) groups is 2. The largest absolute Gasteiger partial charge is 0.497 e. The molecule has 0 heterocycles. The zero-order chi connectivity index (χ0) is 19.5. The van der Waals surface area contributed by atoms with E-state index in [9.17, 15) is 14.7 Å². The van der Waals surface area contributed by atoms with Crippen molar-refractivity contribution in [2.45, 2.75) is 25.5 Å². The molecule has 26 heavy (non-hydrogen) atoms. The van der Waals surface area contributed by atoms with Crippen molar-refractivity contribution in [1.29, 1.82) is 0 Å². The van der Waals surface area contributed by atoms with Crippen LogP contribution in [0.1, 0.15) is 12.5 Å². The van der Waals surface area contributed by atoms with Crippen molar-refractivity contribution in [1.82, 2.24) is 10.6 Å². The molecule has 0 aliphatic carbocycles. The summed E-state index contributed by atoms with van der Waals surface area (Å²) in [6, 6.07) is 7.01. The third-order valence-electron chi connectivity index (χ3n) is 4.07. The van der Waals surface area contributed by atoms with E-state index < -0.39 is 24.0 Å². The molecule has 0 saturated carbocycles. The van der Waals surface area contributed by atoms with Crippen LogP contribution in [0.25, 0.3) is 0 Å². The van der Waals surface area contributed by atoms with Crippen LogP contribution in [-0.4, -0.2) is 62.0 Å². The molecule has 1 aromatic rings. The highest BCUT2D eigenvalue weighted by Crippen LogP contribution is 2.14. The number of carboxylic acid groups (broad SMARTS) is 1. The van der Waals surface area contributed by atoms with Gasteiger partial charge in [0.1, 0.15) is 5.75 Å². The number of benzene rings is 1. The number of rotatable bonds is 12. The second kappa shape index (κ2) is 11.8. The highest BCUT2D eigenvalue weighted by Gasteiger charge is 2.25. The van der Waals surface area contributed by atoms with Crippen LogP contribution < -0.4 is 15.4 Å². The Bertz CT molecular complexity index is 567. The fourth-order valence-corrected chi connectivity index (χ4v) is 3.19. The summed E-state index contributed by atoms with van der Waals surface area (Å²) in [5.41, 5.74) is 0.978. The van der Waals surface area contributed by atoms with Crippen LogP contribution in [0, 0.1) is 5.92 Å². The van der Waals surface area contributed by atoms with E-state index in [1.165, 1.54) is 11.8 Å². The van der Waals surface area contributed by atoms with E-state index in [1.54, 1.807) is 21.1 Å². The molecule has 1 amide bonds. The van der Waals surface area contributed by atoms with Gasteiger partial charge in [-0.05, 0) is 37.3 Å². The van der Waals surface area contributed by atoms with Gasteiger partial charge in [0.2, 0.25) is 5.91 Å². The van der Waals surface area contributed by atoms with Crippen LogP contribution in [0.3, 0.4) is 0 Å². The van der Waals surface area contributed by atoms with E-state index >= 15 is 0 Å². The van der Waals surface area contributed by atoms with Gasteiger partial charge >= 0.3 is 5.97 Å². The molecule has 2 unspecified atom stereocenters. The maximum absolute atomic E-state index is 12.1. The fraction of sp³-hybridized carbons (Fsp3) is 0.556. The van der Waals surface area contributed by atoms with Crippen molar-refractivity contribution < 1.29 is 24.2 Å². The van der Waals surface area contributed by atoms with Crippen molar-refractivity contribution in [3.63, 3.8) is 0 Å². The number of nitrogens with one attached hydrogen (secondary N) is 2. The number of carboxylic acids is 1. The lowest BCUT2D eigenvalue weighted by Crippen LogP contribution is -2.46. The molecule has 0 aromatic heterocycles. The molecule has 7 nitrogen and oxygen atoms in total. The molecular weight excluding hydrogens is 356 g/mol. The van der Waals surface area contributed by atoms with Crippen LogP contribution in [0.4, 0.5) is 0 Å².